The van der Waals surface area contributed by atoms with Gasteiger partial charge < -0.3 is 0 Å². The lowest BCUT2D eigenvalue weighted by Crippen LogP contribution is -2.39. The number of nitrogens with zero attached hydrogens (tertiary/aromatic N) is 2. The molecule has 3 rings (SSSR count). The second kappa shape index (κ2) is 7.53. The highest BCUT2D eigenvalue weighted by atomic mass is 79.9. The summed E-state index contributed by atoms with van der Waals surface area (Å²) in [5.74, 6) is 0.892. The Morgan fingerprint density at radius 3 is 2.79 bits per heavy atom. The summed E-state index contributed by atoms with van der Waals surface area (Å²) in [6.45, 7) is 4.16. The fourth-order valence-corrected chi connectivity index (χ4v) is 4.40. The van der Waals surface area contributed by atoms with Crippen LogP contribution < -0.4 is 0 Å². The molecule has 124 valence electrons. The van der Waals surface area contributed by atoms with Crippen LogP contribution in [0.2, 0.25) is 0 Å². The van der Waals surface area contributed by atoms with Crippen molar-refractivity contribution < 1.29 is 4.79 Å². The van der Waals surface area contributed by atoms with Crippen molar-refractivity contribution in [3.8, 4) is 0 Å². The molecule has 1 aliphatic rings. The van der Waals surface area contributed by atoms with Crippen LogP contribution in [0.1, 0.15) is 29.3 Å². The summed E-state index contributed by atoms with van der Waals surface area (Å²) in [7, 11) is 0. The van der Waals surface area contributed by atoms with Crippen LogP contribution in [0.5, 0.6) is 0 Å². The molecule has 0 aromatic heterocycles. The maximum absolute atomic E-state index is 13.1. The van der Waals surface area contributed by atoms with Crippen molar-refractivity contribution in [3.63, 3.8) is 0 Å². The minimum Gasteiger partial charge on any atom is -0.283 e. The number of carbonyl (C=O) groups is 1. The third kappa shape index (κ3) is 3.57. The first-order valence-corrected chi connectivity index (χ1v) is 9.74. The standard InChI is InChI=1S/C19H19BrN2OS/c1-3-15-12-24-19(21-14-8-6-7-13(2)11-14)22(15)18(23)16-9-4-5-10-17(16)20/h4-11,15H,3,12H2,1-2H3/t15-/m0/s1. The zero-order valence-corrected chi connectivity index (χ0v) is 16.1. The first-order valence-electron chi connectivity index (χ1n) is 7.96. The van der Waals surface area contributed by atoms with Crippen LogP contribution in [0.3, 0.4) is 0 Å². The second-order valence-corrected chi connectivity index (χ2v) is 7.60. The van der Waals surface area contributed by atoms with Crippen LogP contribution in [0, 0.1) is 6.92 Å². The number of aryl methyl sites for hydroxylation is 1. The van der Waals surface area contributed by atoms with E-state index in [0.29, 0.717) is 5.56 Å². The maximum atomic E-state index is 13.1. The molecular formula is C19H19BrN2OS. The van der Waals surface area contributed by atoms with E-state index < -0.39 is 0 Å². The highest BCUT2D eigenvalue weighted by Gasteiger charge is 2.35. The number of hydrogen-bond donors (Lipinski definition) is 0. The van der Waals surface area contributed by atoms with Gasteiger partial charge in [0, 0.05) is 16.3 Å². The molecule has 1 aliphatic heterocycles. The number of benzene rings is 2. The topological polar surface area (TPSA) is 32.7 Å². The lowest BCUT2D eigenvalue weighted by Gasteiger charge is -2.23. The van der Waals surface area contributed by atoms with Crippen molar-refractivity contribution in [1.29, 1.82) is 0 Å². The van der Waals surface area contributed by atoms with Gasteiger partial charge in [-0.05, 0) is 59.1 Å². The van der Waals surface area contributed by atoms with Gasteiger partial charge in [-0.2, -0.15) is 0 Å². The summed E-state index contributed by atoms with van der Waals surface area (Å²) in [4.78, 5) is 19.7. The van der Waals surface area contributed by atoms with Gasteiger partial charge in [0.1, 0.15) is 0 Å². The van der Waals surface area contributed by atoms with Crippen molar-refractivity contribution in [2.24, 2.45) is 4.99 Å². The van der Waals surface area contributed by atoms with E-state index in [2.05, 4.69) is 22.9 Å². The lowest BCUT2D eigenvalue weighted by atomic mass is 10.1. The first-order chi connectivity index (χ1) is 11.6. The van der Waals surface area contributed by atoms with Crippen molar-refractivity contribution >= 4 is 44.5 Å². The molecule has 1 fully saturated rings. The molecule has 0 radical (unpaired) electrons. The zero-order chi connectivity index (χ0) is 17.1. The Balaban J connectivity index is 1.98. The monoisotopic (exact) mass is 402 g/mol. The molecule has 1 atom stereocenters. The maximum Gasteiger partial charge on any atom is 0.261 e. The van der Waals surface area contributed by atoms with Crippen LogP contribution in [-0.2, 0) is 0 Å². The number of rotatable bonds is 3. The van der Waals surface area contributed by atoms with E-state index in [4.69, 9.17) is 4.99 Å². The normalized spacial score (nSPS) is 19.0. The van der Waals surface area contributed by atoms with E-state index in [0.717, 1.165) is 33.1 Å². The van der Waals surface area contributed by atoms with E-state index >= 15 is 0 Å². The number of halogens is 1. The van der Waals surface area contributed by atoms with E-state index in [1.54, 1.807) is 11.8 Å². The van der Waals surface area contributed by atoms with E-state index in [9.17, 15) is 4.79 Å². The summed E-state index contributed by atoms with van der Waals surface area (Å²) < 4.78 is 0.816. The van der Waals surface area contributed by atoms with Crippen molar-refractivity contribution in [1.82, 2.24) is 4.90 Å². The molecule has 3 nitrogen and oxygen atoms in total. The third-order valence-corrected chi connectivity index (χ3v) is 5.79. The highest BCUT2D eigenvalue weighted by Crippen LogP contribution is 2.31. The molecule has 0 spiro atoms. The van der Waals surface area contributed by atoms with Crippen LogP contribution in [0.4, 0.5) is 5.69 Å². The van der Waals surface area contributed by atoms with Crippen molar-refractivity contribution in [2.75, 3.05) is 5.75 Å². The first kappa shape index (κ1) is 17.2. The average Bonchev–Trinajstić information content (AvgIpc) is 2.97. The Bertz CT molecular complexity index is 790. The quantitative estimate of drug-likeness (QED) is 0.686. The average molecular weight is 403 g/mol. The molecule has 5 heteroatoms. The number of aliphatic imine (C=N–C) groups is 1. The molecule has 1 heterocycles. The lowest BCUT2D eigenvalue weighted by molar-refractivity contribution is 0.0818. The Hall–Kier alpha value is -1.59. The molecule has 2 aromatic rings. The molecule has 2 aromatic carbocycles. The van der Waals surface area contributed by atoms with Gasteiger partial charge in [-0.1, -0.05) is 43.0 Å². The number of hydrogen-bond acceptors (Lipinski definition) is 3. The number of carbonyl (C=O) groups excluding carboxylic acids is 1. The Morgan fingerprint density at radius 2 is 2.08 bits per heavy atom. The number of thioether (sulfide) groups is 1. The van der Waals surface area contributed by atoms with Crippen LogP contribution in [0.15, 0.2) is 58.0 Å². The fourth-order valence-electron chi connectivity index (χ4n) is 2.68. The summed E-state index contributed by atoms with van der Waals surface area (Å²) >= 11 is 5.14. The van der Waals surface area contributed by atoms with Gasteiger partial charge in [0.05, 0.1) is 11.3 Å². The van der Waals surface area contributed by atoms with E-state index in [-0.39, 0.29) is 11.9 Å². The Labute approximate surface area is 155 Å². The van der Waals surface area contributed by atoms with Gasteiger partial charge >= 0.3 is 0 Å². The molecule has 0 bridgehead atoms. The third-order valence-electron chi connectivity index (χ3n) is 4.00. The van der Waals surface area contributed by atoms with Gasteiger partial charge in [0.15, 0.2) is 5.17 Å². The predicted molar refractivity (Wildman–Crippen MR) is 105 cm³/mol. The van der Waals surface area contributed by atoms with Gasteiger partial charge in [-0.3, -0.25) is 9.69 Å². The van der Waals surface area contributed by atoms with Crippen LogP contribution in [-0.4, -0.2) is 27.8 Å². The molecular weight excluding hydrogens is 384 g/mol. The summed E-state index contributed by atoms with van der Waals surface area (Å²) in [5.41, 5.74) is 2.73. The van der Waals surface area contributed by atoms with Gasteiger partial charge in [-0.15, -0.1) is 0 Å². The molecule has 1 saturated heterocycles. The summed E-state index contributed by atoms with van der Waals surface area (Å²) in [6.07, 6.45) is 0.913. The molecule has 0 unspecified atom stereocenters. The molecule has 0 saturated carbocycles. The van der Waals surface area contributed by atoms with Crippen molar-refractivity contribution in [3.05, 3.63) is 64.1 Å². The Kier molecular flexibility index (Phi) is 5.41. The van der Waals surface area contributed by atoms with Crippen molar-refractivity contribution in [2.45, 2.75) is 26.3 Å². The molecule has 0 aliphatic carbocycles. The predicted octanol–water partition coefficient (Wildman–Crippen LogP) is 5.41. The van der Waals surface area contributed by atoms with E-state index in [1.807, 2.05) is 60.4 Å². The zero-order valence-electron chi connectivity index (χ0n) is 13.7. The number of amidine groups is 1. The van der Waals surface area contributed by atoms with E-state index in [1.165, 1.54) is 0 Å². The smallest absolute Gasteiger partial charge is 0.261 e. The minimum absolute atomic E-state index is 0.00530. The second-order valence-electron chi connectivity index (χ2n) is 5.76. The number of amides is 1. The Morgan fingerprint density at radius 1 is 1.29 bits per heavy atom. The fraction of sp³-hybridized carbons (Fsp3) is 0.263. The minimum atomic E-state index is 0.00530. The van der Waals surface area contributed by atoms with Gasteiger partial charge in [0.2, 0.25) is 0 Å². The molecule has 24 heavy (non-hydrogen) atoms. The molecule has 0 N–H and O–H groups in total. The highest BCUT2D eigenvalue weighted by molar-refractivity contribution is 9.10. The SMILES string of the molecule is CC[C@H]1CSC(=Nc2cccc(C)c2)N1C(=O)c1ccccc1Br. The van der Waals surface area contributed by atoms with Crippen LogP contribution in [0.25, 0.3) is 0 Å². The van der Waals surface area contributed by atoms with Gasteiger partial charge in [-0.25, -0.2) is 4.99 Å². The van der Waals surface area contributed by atoms with Gasteiger partial charge in [0.25, 0.3) is 5.91 Å². The molecule has 1 amide bonds. The van der Waals surface area contributed by atoms with Crippen LogP contribution >= 0.6 is 27.7 Å². The largest absolute Gasteiger partial charge is 0.283 e. The summed E-state index contributed by atoms with van der Waals surface area (Å²) in [5, 5.41) is 0.785. The summed E-state index contributed by atoms with van der Waals surface area (Å²) in [6, 6.07) is 15.8.